The molecule has 0 aliphatic heterocycles. The fraction of sp³-hybridized carbons (Fsp3) is 0.375. The van der Waals surface area contributed by atoms with Crippen LogP contribution in [0.1, 0.15) is 16.8 Å². The molecule has 0 saturated heterocycles. The van der Waals surface area contributed by atoms with Crippen molar-refractivity contribution in [1.29, 1.82) is 0 Å². The number of rotatable bonds is 1. The topological polar surface area (TPSA) is 33.1 Å². The Morgan fingerprint density at radius 1 is 1.55 bits per heavy atom. The number of halogens is 1. The molecule has 1 aromatic heterocycles. The zero-order valence-electron chi connectivity index (χ0n) is 6.56. The maximum Gasteiger partial charge on any atom is 0.111 e. The average molecular weight is 216 g/mol. The van der Waals surface area contributed by atoms with E-state index in [1.807, 2.05) is 19.9 Å². The Kier molecular flexibility index (Phi) is 2.62. The largest absolute Gasteiger partial charge is 0.392 e. The van der Waals surface area contributed by atoms with Gasteiger partial charge >= 0.3 is 0 Å². The average Bonchev–Trinajstić information content (AvgIpc) is 1.97. The van der Waals surface area contributed by atoms with E-state index in [4.69, 9.17) is 5.11 Å². The lowest BCUT2D eigenvalue weighted by Gasteiger charge is -2.03. The van der Waals surface area contributed by atoms with E-state index in [2.05, 4.69) is 20.9 Å². The number of hydrogen-bond acceptors (Lipinski definition) is 2. The van der Waals surface area contributed by atoms with Crippen molar-refractivity contribution in [3.63, 3.8) is 0 Å². The quantitative estimate of drug-likeness (QED) is 0.728. The molecule has 60 valence electrons. The molecule has 1 N–H and O–H groups in total. The molecule has 0 spiro atoms. The third-order valence-electron chi connectivity index (χ3n) is 1.66. The summed E-state index contributed by atoms with van der Waals surface area (Å²) < 4.78 is 0.739. The van der Waals surface area contributed by atoms with Gasteiger partial charge in [-0.3, -0.25) is 0 Å². The molecule has 0 aromatic carbocycles. The van der Waals surface area contributed by atoms with Gasteiger partial charge in [0.15, 0.2) is 0 Å². The summed E-state index contributed by atoms with van der Waals surface area (Å²) in [6, 6.07) is 1.94. The summed E-state index contributed by atoms with van der Waals surface area (Å²) in [5.41, 5.74) is 2.94. The monoisotopic (exact) mass is 215 g/mol. The normalized spacial score (nSPS) is 10.2. The minimum atomic E-state index is 0.0364. The highest BCUT2D eigenvalue weighted by Gasteiger charge is 2.02. The van der Waals surface area contributed by atoms with Crippen LogP contribution in [0.15, 0.2) is 10.7 Å². The van der Waals surface area contributed by atoms with E-state index in [0.29, 0.717) is 0 Å². The van der Waals surface area contributed by atoms with Crippen LogP contribution in [0.2, 0.25) is 0 Å². The van der Waals surface area contributed by atoms with Gasteiger partial charge in [0, 0.05) is 11.3 Å². The summed E-state index contributed by atoms with van der Waals surface area (Å²) in [4.78, 5) is 4.20. The predicted molar refractivity (Wildman–Crippen MR) is 47.3 cm³/mol. The van der Waals surface area contributed by atoms with Crippen molar-refractivity contribution >= 4 is 15.9 Å². The summed E-state index contributed by atoms with van der Waals surface area (Å²) in [6.07, 6.45) is 0. The van der Waals surface area contributed by atoms with Crippen molar-refractivity contribution in [1.82, 2.24) is 4.98 Å². The Morgan fingerprint density at radius 2 is 2.18 bits per heavy atom. The van der Waals surface area contributed by atoms with Crippen molar-refractivity contribution in [2.45, 2.75) is 20.5 Å². The minimum absolute atomic E-state index is 0.0364. The standard InChI is InChI=1S/C8H10BrNO/c1-5-3-7(4-11)8(9)10-6(5)2/h3,11H,4H2,1-2H3. The number of hydrogen-bond donors (Lipinski definition) is 1. The molecule has 0 aliphatic carbocycles. The van der Waals surface area contributed by atoms with Crippen LogP contribution in [-0.2, 0) is 6.61 Å². The van der Waals surface area contributed by atoms with Crippen LogP contribution in [0, 0.1) is 13.8 Å². The second-order valence-corrected chi connectivity index (χ2v) is 3.25. The van der Waals surface area contributed by atoms with Gasteiger partial charge in [-0.15, -0.1) is 0 Å². The smallest absolute Gasteiger partial charge is 0.111 e. The summed E-state index contributed by atoms with van der Waals surface area (Å²) in [5, 5.41) is 8.86. The van der Waals surface area contributed by atoms with Crippen molar-refractivity contribution in [2.75, 3.05) is 0 Å². The Balaban J connectivity index is 3.21. The third kappa shape index (κ3) is 1.79. The van der Waals surface area contributed by atoms with Gasteiger partial charge in [-0.25, -0.2) is 4.98 Å². The molecular formula is C8H10BrNO. The van der Waals surface area contributed by atoms with Crippen molar-refractivity contribution in [2.24, 2.45) is 0 Å². The van der Waals surface area contributed by atoms with Gasteiger partial charge in [0.05, 0.1) is 6.61 Å². The van der Waals surface area contributed by atoms with Gasteiger partial charge in [-0.2, -0.15) is 0 Å². The van der Waals surface area contributed by atoms with E-state index in [-0.39, 0.29) is 6.61 Å². The first kappa shape index (κ1) is 8.68. The van der Waals surface area contributed by atoms with Crippen LogP contribution >= 0.6 is 15.9 Å². The summed E-state index contributed by atoms with van der Waals surface area (Å²) in [5.74, 6) is 0. The van der Waals surface area contributed by atoms with Crippen molar-refractivity contribution < 1.29 is 5.11 Å². The molecule has 0 unspecified atom stereocenters. The molecule has 0 radical (unpaired) electrons. The van der Waals surface area contributed by atoms with Gasteiger partial charge in [-0.05, 0) is 41.4 Å². The number of aromatic nitrogens is 1. The maximum atomic E-state index is 8.86. The maximum absolute atomic E-state index is 8.86. The molecule has 11 heavy (non-hydrogen) atoms. The third-order valence-corrected chi connectivity index (χ3v) is 2.35. The minimum Gasteiger partial charge on any atom is -0.392 e. The second-order valence-electron chi connectivity index (χ2n) is 2.50. The molecule has 0 aliphatic rings. The number of aliphatic hydroxyl groups is 1. The zero-order chi connectivity index (χ0) is 8.43. The van der Waals surface area contributed by atoms with E-state index >= 15 is 0 Å². The summed E-state index contributed by atoms with van der Waals surface area (Å²) in [7, 11) is 0. The molecule has 0 amide bonds. The summed E-state index contributed by atoms with van der Waals surface area (Å²) in [6.45, 7) is 3.96. The van der Waals surface area contributed by atoms with E-state index < -0.39 is 0 Å². The Morgan fingerprint density at radius 3 is 2.73 bits per heavy atom. The lowest BCUT2D eigenvalue weighted by atomic mass is 10.2. The van der Waals surface area contributed by atoms with Gasteiger partial charge in [0.1, 0.15) is 4.60 Å². The van der Waals surface area contributed by atoms with Crippen LogP contribution in [0.25, 0.3) is 0 Å². The number of aliphatic hydroxyl groups excluding tert-OH is 1. The Hall–Kier alpha value is -0.410. The molecule has 0 atom stereocenters. The van der Waals surface area contributed by atoms with Gasteiger partial charge in [0.2, 0.25) is 0 Å². The Bertz CT molecular complexity index is 273. The van der Waals surface area contributed by atoms with E-state index in [1.54, 1.807) is 0 Å². The van der Waals surface area contributed by atoms with E-state index in [9.17, 15) is 0 Å². The number of aryl methyl sites for hydroxylation is 2. The SMILES string of the molecule is Cc1cc(CO)c(Br)nc1C. The van der Waals surface area contributed by atoms with Gasteiger partial charge in [-0.1, -0.05) is 0 Å². The summed E-state index contributed by atoms with van der Waals surface area (Å²) >= 11 is 3.27. The molecule has 3 heteroatoms. The predicted octanol–water partition coefficient (Wildman–Crippen LogP) is 1.95. The first-order chi connectivity index (χ1) is 5.15. The van der Waals surface area contributed by atoms with Crippen LogP contribution in [0.3, 0.4) is 0 Å². The lowest BCUT2D eigenvalue weighted by molar-refractivity contribution is 0.280. The van der Waals surface area contributed by atoms with Crippen molar-refractivity contribution in [3.05, 3.63) is 27.5 Å². The first-order valence-electron chi connectivity index (χ1n) is 3.38. The van der Waals surface area contributed by atoms with Crippen LogP contribution in [-0.4, -0.2) is 10.1 Å². The fourth-order valence-corrected chi connectivity index (χ4v) is 1.35. The molecule has 1 aromatic rings. The zero-order valence-corrected chi connectivity index (χ0v) is 8.14. The van der Waals surface area contributed by atoms with Crippen LogP contribution in [0.4, 0.5) is 0 Å². The number of pyridine rings is 1. The number of nitrogens with zero attached hydrogens (tertiary/aromatic N) is 1. The van der Waals surface area contributed by atoms with Crippen LogP contribution in [0.5, 0.6) is 0 Å². The molecule has 0 saturated carbocycles. The lowest BCUT2D eigenvalue weighted by Crippen LogP contribution is -1.94. The van der Waals surface area contributed by atoms with Gasteiger partial charge < -0.3 is 5.11 Å². The molecule has 0 fully saturated rings. The molecule has 2 nitrogen and oxygen atoms in total. The first-order valence-corrected chi connectivity index (χ1v) is 4.18. The highest BCUT2D eigenvalue weighted by molar-refractivity contribution is 9.10. The van der Waals surface area contributed by atoms with Gasteiger partial charge in [0.25, 0.3) is 0 Å². The highest BCUT2D eigenvalue weighted by atomic mass is 79.9. The highest BCUT2D eigenvalue weighted by Crippen LogP contribution is 2.17. The fourth-order valence-electron chi connectivity index (χ4n) is 0.843. The Labute approximate surface area is 74.4 Å². The second kappa shape index (κ2) is 3.32. The molecular weight excluding hydrogens is 206 g/mol. The molecule has 1 rings (SSSR count). The molecule has 0 bridgehead atoms. The van der Waals surface area contributed by atoms with E-state index in [1.165, 1.54) is 0 Å². The van der Waals surface area contributed by atoms with Crippen molar-refractivity contribution in [3.8, 4) is 0 Å². The van der Waals surface area contributed by atoms with E-state index in [0.717, 1.165) is 21.4 Å². The van der Waals surface area contributed by atoms with Crippen LogP contribution < -0.4 is 0 Å². The molecule has 1 heterocycles.